The van der Waals surface area contributed by atoms with Gasteiger partial charge in [-0.25, -0.2) is 4.79 Å². The minimum atomic E-state index is -1.06. The van der Waals surface area contributed by atoms with E-state index in [0.29, 0.717) is 16.3 Å². The summed E-state index contributed by atoms with van der Waals surface area (Å²) < 4.78 is 5.52. The van der Waals surface area contributed by atoms with Gasteiger partial charge < -0.3 is 9.84 Å². The van der Waals surface area contributed by atoms with Crippen molar-refractivity contribution in [2.45, 2.75) is 0 Å². The molecule has 0 aromatic heterocycles. The molecule has 0 bridgehead atoms. The molecule has 1 N–H and O–H groups in total. The first kappa shape index (κ1) is 19.0. The fourth-order valence-electron chi connectivity index (χ4n) is 2.41. The number of amides is 2. The highest BCUT2D eigenvalue weighted by Gasteiger charge is 2.34. The van der Waals surface area contributed by atoms with E-state index in [1.165, 1.54) is 18.2 Å². The average molecular weight is 404 g/mol. The van der Waals surface area contributed by atoms with E-state index in [1.54, 1.807) is 36.4 Å². The monoisotopic (exact) mass is 403 g/mol. The van der Waals surface area contributed by atoms with Gasteiger partial charge in [-0.15, -0.1) is 0 Å². The highest BCUT2D eigenvalue weighted by Crippen LogP contribution is 2.32. The van der Waals surface area contributed by atoms with Crippen molar-refractivity contribution in [1.29, 1.82) is 0 Å². The van der Waals surface area contributed by atoms with E-state index in [9.17, 15) is 14.4 Å². The zero-order valence-electron chi connectivity index (χ0n) is 13.9. The molecule has 0 radical (unpaired) electrons. The Balaban J connectivity index is 1.67. The summed E-state index contributed by atoms with van der Waals surface area (Å²) in [6.45, 7) is 0.200. The minimum absolute atomic E-state index is 0.0857. The minimum Gasteiger partial charge on any atom is -0.490 e. The van der Waals surface area contributed by atoms with Crippen LogP contribution in [0.1, 0.15) is 15.9 Å². The number of carbonyl (C=O) groups is 3. The fourth-order valence-corrected chi connectivity index (χ4v) is 3.47. The van der Waals surface area contributed by atoms with Crippen LogP contribution in [0.5, 0.6) is 5.75 Å². The van der Waals surface area contributed by atoms with Crippen molar-refractivity contribution in [2.75, 3.05) is 13.2 Å². The molecule has 0 atom stereocenters. The predicted octanol–water partition coefficient (Wildman–Crippen LogP) is 4.15. The standard InChI is InChI=1S/C19H14ClNO5S/c20-14-6-1-2-7-15(14)26-9-8-21-17(22)16(27-19(21)25)11-12-4-3-5-13(10-12)18(23)24/h1-7,10-11H,8-9H2,(H,23,24)/b16-11-. The van der Waals surface area contributed by atoms with Crippen LogP contribution in [0.2, 0.25) is 5.02 Å². The lowest BCUT2D eigenvalue weighted by Crippen LogP contribution is -2.32. The van der Waals surface area contributed by atoms with Crippen LogP contribution in [-0.4, -0.2) is 40.3 Å². The van der Waals surface area contributed by atoms with Crippen molar-refractivity contribution >= 4 is 46.6 Å². The summed E-state index contributed by atoms with van der Waals surface area (Å²) in [5.41, 5.74) is 0.642. The number of ether oxygens (including phenoxy) is 1. The molecule has 1 fully saturated rings. The number of nitrogens with zero attached hydrogens (tertiary/aromatic N) is 1. The lowest BCUT2D eigenvalue weighted by molar-refractivity contribution is -0.123. The van der Waals surface area contributed by atoms with E-state index in [1.807, 2.05) is 0 Å². The van der Waals surface area contributed by atoms with Gasteiger partial charge in [-0.2, -0.15) is 0 Å². The molecule has 8 heteroatoms. The van der Waals surface area contributed by atoms with Gasteiger partial charge in [-0.05, 0) is 47.7 Å². The molecule has 2 aromatic rings. The maximum absolute atomic E-state index is 12.5. The quantitative estimate of drug-likeness (QED) is 0.729. The second kappa shape index (κ2) is 8.28. The number of para-hydroxylation sites is 1. The van der Waals surface area contributed by atoms with E-state index in [2.05, 4.69) is 0 Å². The van der Waals surface area contributed by atoms with Crippen LogP contribution in [0, 0.1) is 0 Å². The molecule has 1 saturated heterocycles. The molecule has 0 unspecified atom stereocenters. The number of carbonyl (C=O) groups excluding carboxylic acids is 2. The Kier molecular flexibility index (Phi) is 5.83. The molecule has 3 rings (SSSR count). The van der Waals surface area contributed by atoms with Gasteiger partial charge >= 0.3 is 5.97 Å². The van der Waals surface area contributed by atoms with Crippen molar-refractivity contribution in [3.8, 4) is 5.75 Å². The van der Waals surface area contributed by atoms with Gasteiger partial charge in [0.05, 0.1) is 22.0 Å². The predicted molar refractivity (Wildman–Crippen MR) is 103 cm³/mol. The molecule has 2 aromatic carbocycles. The lowest BCUT2D eigenvalue weighted by Gasteiger charge is -2.13. The van der Waals surface area contributed by atoms with Crippen LogP contribution < -0.4 is 4.74 Å². The van der Waals surface area contributed by atoms with Crippen molar-refractivity contribution in [1.82, 2.24) is 4.90 Å². The Morgan fingerprint density at radius 2 is 1.96 bits per heavy atom. The Hall–Kier alpha value is -2.77. The summed E-state index contributed by atoms with van der Waals surface area (Å²) in [6.07, 6.45) is 1.51. The normalized spacial score (nSPS) is 15.4. The molecule has 1 aliphatic rings. The van der Waals surface area contributed by atoms with Crippen molar-refractivity contribution < 1.29 is 24.2 Å². The number of thioether (sulfide) groups is 1. The average Bonchev–Trinajstić information content (AvgIpc) is 2.91. The van der Waals surface area contributed by atoms with E-state index in [4.69, 9.17) is 21.4 Å². The maximum Gasteiger partial charge on any atom is 0.335 e. The van der Waals surface area contributed by atoms with Gasteiger partial charge in [0.15, 0.2) is 0 Å². The highest BCUT2D eigenvalue weighted by atomic mass is 35.5. The molecule has 0 spiro atoms. The van der Waals surface area contributed by atoms with Crippen LogP contribution in [0.3, 0.4) is 0 Å². The van der Waals surface area contributed by atoms with E-state index in [-0.39, 0.29) is 23.6 Å². The van der Waals surface area contributed by atoms with Gasteiger partial charge in [-0.3, -0.25) is 14.5 Å². The second-order valence-corrected chi connectivity index (χ2v) is 6.94. The summed E-state index contributed by atoms with van der Waals surface area (Å²) in [7, 11) is 0. The summed E-state index contributed by atoms with van der Waals surface area (Å²) in [5.74, 6) is -1.02. The number of rotatable bonds is 6. The molecule has 6 nitrogen and oxygen atoms in total. The topological polar surface area (TPSA) is 83.9 Å². The molecule has 138 valence electrons. The zero-order valence-corrected chi connectivity index (χ0v) is 15.5. The molecule has 27 heavy (non-hydrogen) atoms. The smallest absolute Gasteiger partial charge is 0.335 e. The fraction of sp³-hybridized carbons (Fsp3) is 0.105. The van der Waals surface area contributed by atoms with Crippen LogP contribution in [-0.2, 0) is 4.79 Å². The van der Waals surface area contributed by atoms with Gasteiger partial charge in [-0.1, -0.05) is 35.9 Å². The van der Waals surface area contributed by atoms with E-state index in [0.717, 1.165) is 16.7 Å². The summed E-state index contributed by atoms with van der Waals surface area (Å²) in [4.78, 5) is 37.0. The SMILES string of the molecule is O=C(O)c1cccc(/C=C2\SC(=O)N(CCOc3ccccc3Cl)C2=O)c1. The van der Waals surface area contributed by atoms with Gasteiger partial charge in [0.1, 0.15) is 12.4 Å². The molecule has 2 amide bonds. The summed E-state index contributed by atoms with van der Waals surface area (Å²) in [5, 5.41) is 9.09. The number of hydrogen-bond acceptors (Lipinski definition) is 5. The first-order valence-corrected chi connectivity index (χ1v) is 9.11. The van der Waals surface area contributed by atoms with Gasteiger partial charge in [0.2, 0.25) is 0 Å². The molecule has 1 aliphatic heterocycles. The number of hydrogen-bond donors (Lipinski definition) is 1. The zero-order chi connectivity index (χ0) is 19.4. The molecule has 0 saturated carbocycles. The lowest BCUT2D eigenvalue weighted by atomic mass is 10.1. The van der Waals surface area contributed by atoms with Gasteiger partial charge in [0, 0.05) is 0 Å². The number of halogens is 1. The van der Waals surface area contributed by atoms with Crippen molar-refractivity contribution in [3.63, 3.8) is 0 Å². The van der Waals surface area contributed by atoms with Crippen LogP contribution in [0.15, 0.2) is 53.4 Å². The Morgan fingerprint density at radius 1 is 1.19 bits per heavy atom. The van der Waals surface area contributed by atoms with E-state index >= 15 is 0 Å². The summed E-state index contributed by atoms with van der Waals surface area (Å²) in [6, 6.07) is 13.1. The Bertz CT molecular complexity index is 943. The van der Waals surface area contributed by atoms with Crippen LogP contribution in [0.25, 0.3) is 6.08 Å². The molecular formula is C19H14ClNO5S. The third kappa shape index (κ3) is 4.50. The number of carboxylic acid groups (broad SMARTS) is 1. The van der Waals surface area contributed by atoms with Crippen LogP contribution >= 0.6 is 23.4 Å². The summed E-state index contributed by atoms with van der Waals surface area (Å²) >= 11 is 6.81. The first-order chi connectivity index (χ1) is 13.0. The number of imide groups is 1. The third-order valence-electron chi connectivity index (χ3n) is 3.71. The second-order valence-electron chi connectivity index (χ2n) is 5.54. The first-order valence-electron chi connectivity index (χ1n) is 7.92. The highest BCUT2D eigenvalue weighted by molar-refractivity contribution is 8.18. The Labute approximate surface area is 164 Å². The van der Waals surface area contributed by atoms with Crippen molar-refractivity contribution in [3.05, 3.63) is 69.6 Å². The molecule has 1 heterocycles. The van der Waals surface area contributed by atoms with Crippen molar-refractivity contribution in [2.24, 2.45) is 0 Å². The van der Waals surface area contributed by atoms with Crippen LogP contribution in [0.4, 0.5) is 4.79 Å². The van der Waals surface area contributed by atoms with E-state index < -0.39 is 17.1 Å². The Morgan fingerprint density at radius 3 is 2.70 bits per heavy atom. The van der Waals surface area contributed by atoms with Gasteiger partial charge in [0.25, 0.3) is 11.1 Å². The number of carboxylic acids is 1. The third-order valence-corrected chi connectivity index (χ3v) is 4.93. The number of aromatic carboxylic acids is 1. The largest absolute Gasteiger partial charge is 0.490 e. The number of benzene rings is 2. The maximum atomic E-state index is 12.5. The molecular weight excluding hydrogens is 390 g/mol. The molecule has 0 aliphatic carbocycles.